The van der Waals surface area contributed by atoms with E-state index < -0.39 is 5.91 Å². The average molecular weight is 223 g/mol. The zero-order chi connectivity index (χ0) is 12.1. The number of rotatable bonds is 5. The first kappa shape index (κ1) is 12.4. The molecule has 1 aromatic rings. The topological polar surface area (TPSA) is 88.2 Å². The molecule has 1 aromatic heterocycles. The molecule has 0 bridgehead atoms. The molecule has 0 unspecified atom stereocenters. The van der Waals surface area contributed by atoms with E-state index in [2.05, 4.69) is 10.3 Å². The highest BCUT2D eigenvalue weighted by atomic mass is 16.3. The standard InChI is InChI=1S/C11H17N3O2/c1-3-8(6-15)14-11-9(10(12)16)5-4-7(2)13-11/h4-5,8,15H,3,6H2,1-2H3,(H2,12,16)(H,13,14)/t8-/m0/s1. The second kappa shape index (κ2) is 5.46. The number of aromatic nitrogens is 1. The normalized spacial score (nSPS) is 12.2. The lowest BCUT2D eigenvalue weighted by molar-refractivity contribution is 0.100. The predicted molar refractivity (Wildman–Crippen MR) is 62.3 cm³/mol. The van der Waals surface area contributed by atoms with E-state index in [1.54, 1.807) is 12.1 Å². The summed E-state index contributed by atoms with van der Waals surface area (Å²) < 4.78 is 0. The van der Waals surface area contributed by atoms with Crippen molar-refractivity contribution in [2.75, 3.05) is 11.9 Å². The number of pyridine rings is 1. The lowest BCUT2D eigenvalue weighted by Gasteiger charge is -2.16. The Morgan fingerprint density at radius 2 is 2.31 bits per heavy atom. The van der Waals surface area contributed by atoms with E-state index in [0.29, 0.717) is 11.4 Å². The van der Waals surface area contributed by atoms with E-state index in [1.165, 1.54) is 0 Å². The lowest BCUT2D eigenvalue weighted by Crippen LogP contribution is -2.26. The molecule has 1 amide bonds. The van der Waals surface area contributed by atoms with Crippen LogP contribution in [0.3, 0.4) is 0 Å². The second-order valence-electron chi connectivity index (χ2n) is 3.65. The molecule has 4 N–H and O–H groups in total. The Kier molecular flexibility index (Phi) is 4.25. The summed E-state index contributed by atoms with van der Waals surface area (Å²) in [6.07, 6.45) is 0.740. The van der Waals surface area contributed by atoms with Gasteiger partial charge in [0.2, 0.25) is 0 Å². The SMILES string of the molecule is CC[C@@H](CO)Nc1nc(C)ccc1C(N)=O. The minimum absolute atomic E-state index is 0.00960. The molecule has 0 saturated carbocycles. The summed E-state index contributed by atoms with van der Waals surface area (Å²) in [5.74, 6) is -0.0869. The number of aliphatic hydroxyl groups is 1. The number of nitrogens with one attached hydrogen (secondary N) is 1. The van der Waals surface area contributed by atoms with Crippen LogP contribution in [0.1, 0.15) is 29.4 Å². The van der Waals surface area contributed by atoms with Gasteiger partial charge in [-0.2, -0.15) is 0 Å². The third-order valence-electron chi connectivity index (χ3n) is 2.35. The monoisotopic (exact) mass is 223 g/mol. The van der Waals surface area contributed by atoms with Crippen LogP contribution in [-0.2, 0) is 0 Å². The summed E-state index contributed by atoms with van der Waals surface area (Å²) in [5, 5.41) is 12.1. The molecule has 0 saturated heterocycles. The number of amides is 1. The number of primary amides is 1. The van der Waals surface area contributed by atoms with Gasteiger partial charge >= 0.3 is 0 Å². The van der Waals surface area contributed by atoms with Crippen LogP contribution < -0.4 is 11.1 Å². The Hall–Kier alpha value is -1.62. The Morgan fingerprint density at radius 1 is 1.62 bits per heavy atom. The van der Waals surface area contributed by atoms with Crippen molar-refractivity contribution >= 4 is 11.7 Å². The van der Waals surface area contributed by atoms with Crippen molar-refractivity contribution in [2.24, 2.45) is 5.73 Å². The minimum atomic E-state index is -0.525. The fraction of sp³-hybridized carbons (Fsp3) is 0.455. The van der Waals surface area contributed by atoms with E-state index in [9.17, 15) is 4.79 Å². The van der Waals surface area contributed by atoms with Gasteiger partial charge in [0.15, 0.2) is 0 Å². The number of carbonyl (C=O) groups is 1. The van der Waals surface area contributed by atoms with Crippen molar-refractivity contribution in [2.45, 2.75) is 26.3 Å². The number of nitrogens with two attached hydrogens (primary N) is 1. The summed E-state index contributed by atoms with van der Waals surface area (Å²) >= 11 is 0. The molecule has 0 aliphatic rings. The Balaban J connectivity index is 3.00. The number of carbonyl (C=O) groups excluding carboxylic acids is 1. The van der Waals surface area contributed by atoms with Gasteiger partial charge in [-0.25, -0.2) is 4.98 Å². The van der Waals surface area contributed by atoms with Gasteiger partial charge in [-0.3, -0.25) is 4.79 Å². The van der Waals surface area contributed by atoms with E-state index in [1.807, 2.05) is 13.8 Å². The molecule has 0 spiro atoms. The molecule has 0 fully saturated rings. The quantitative estimate of drug-likeness (QED) is 0.684. The number of anilines is 1. The van der Waals surface area contributed by atoms with Crippen LogP contribution in [0.25, 0.3) is 0 Å². The van der Waals surface area contributed by atoms with Crippen molar-refractivity contribution in [1.29, 1.82) is 0 Å². The van der Waals surface area contributed by atoms with Crippen LogP contribution in [0.4, 0.5) is 5.82 Å². The van der Waals surface area contributed by atoms with Crippen molar-refractivity contribution in [3.8, 4) is 0 Å². The zero-order valence-electron chi connectivity index (χ0n) is 9.53. The highest BCUT2D eigenvalue weighted by Gasteiger charge is 2.13. The minimum Gasteiger partial charge on any atom is -0.394 e. The summed E-state index contributed by atoms with van der Waals surface area (Å²) in [7, 11) is 0. The molecular weight excluding hydrogens is 206 g/mol. The summed E-state index contributed by atoms with van der Waals surface area (Å²) in [5.41, 5.74) is 6.38. The number of nitrogens with zero attached hydrogens (tertiary/aromatic N) is 1. The van der Waals surface area contributed by atoms with Crippen LogP contribution in [0.2, 0.25) is 0 Å². The fourth-order valence-electron chi connectivity index (χ4n) is 1.34. The van der Waals surface area contributed by atoms with Gasteiger partial charge in [0.1, 0.15) is 5.82 Å². The van der Waals surface area contributed by atoms with Crippen molar-refractivity contribution < 1.29 is 9.90 Å². The van der Waals surface area contributed by atoms with Crippen molar-refractivity contribution in [3.63, 3.8) is 0 Å². The Labute approximate surface area is 94.7 Å². The maximum Gasteiger partial charge on any atom is 0.252 e. The van der Waals surface area contributed by atoms with Gasteiger partial charge in [0, 0.05) is 5.69 Å². The third-order valence-corrected chi connectivity index (χ3v) is 2.35. The van der Waals surface area contributed by atoms with Gasteiger partial charge < -0.3 is 16.2 Å². The van der Waals surface area contributed by atoms with Crippen LogP contribution in [0.5, 0.6) is 0 Å². The number of hydrogen-bond acceptors (Lipinski definition) is 4. The number of aliphatic hydroxyl groups excluding tert-OH is 1. The first-order valence-electron chi connectivity index (χ1n) is 5.23. The summed E-state index contributed by atoms with van der Waals surface area (Å²) in [6.45, 7) is 3.76. The molecular formula is C11H17N3O2. The summed E-state index contributed by atoms with van der Waals surface area (Å²) in [6, 6.07) is 3.25. The molecule has 5 heteroatoms. The summed E-state index contributed by atoms with van der Waals surface area (Å²) in [4.78, 5) is 15.4. The second-order valence-corrected chi connectivity index (χ2v) is 3.65. The molecule has 0 aromatic carbocycles. The maximum atomic E-state index is 11.2. The van der Waals surface area contributed by atoms with Crippen molar-refractivity contribution in [3.05, 3.63) is 23.4 Å². The van der Waals surface area contributed by atoms with Crippen LogP contribution in [0.15, 0.2) is 12.1 Å². The fourth-order valence-corrected chi connectivity index (χ4v) is 1.34. The van der Waals surface area contributed by atoms with Gasteiger partial charge in [-0.05, 0) is 25.5 Å². The van der Waals surface area contributed by atoms with Gasteiger partial charge in [-0.1, -0.05) is 6.92 Å². The smallest absolute Gasteiger partial charge is 0.252 e. The molecule has 0 aliphatic carbocycles. The van der Waals surface area contributed by atoms with Gasteiger partial charge in [0.25, 0.3) is 5.91 Å². The van der Waals surface area contributed by atoms with E-state index in [-0.39, 0.29) is 12.6 Å². The highest BCUT2D eigenvalue weighted by molar-refractivity contribution is 5.97. The zero-order valence-corrected chi connectivity index (χ0v) is 9.53. The van der Waals surface area contributed by atoms with E-state index >= 15 is 0 Å². The van der Waals surface area contributed by atoms with Crippen LogP contribution >= 0.6 is 0 Å². The Morgan fingerprint density at radius 3 is 2.81 bits per heavy atom. The number of hydrogen-bond donors (Lipinski definition) is 3. The predicted octanol–water partition coefficient (Wildman–Crippen LogP) is 0.672. The van der Waals surface area contributed by atoms with Gasteiger partial charge in [0.05, 0.1) is 18.2 Å². The van der Waals surface area contributed by atoms with E-state index in [0.717, 1.165) is 12.1 Å². The third kappa shape index (κ3) is 2.93. The molecule has 88 valence electrons. The maximum absolute atomic E-state index is 11.2. The molecule has 0 radical (unpaired) electrons. The average Bonchev–Trinajstić information content (AvgIpc) is 2.25. The highest BCUT2D eigenvalue weighted by Crippen LogP contribution is 2.14. The molecule has 1 atom stereocenters. The number of aryl methyl sites for hydroxylation is 1. The van der Waals surface area contributed by atoms with Gasteiger partial charge in [-0.15, -0.1) is 0 Å². The van der Waals surface area contributed by atoms with Crippen molar-refractivity contribution in [1.82, 2.24) is 4.98 Å². The molecule has 1 rings (SSSR count). The lowest BCUT2D eigenvalue weighted by atomic mass is 10.2. The molecule has 1 heterocycles. The van der Waals surface area contributed by atoms with Crippen LogP contribution in [0, 0.1) is 6.92 Å². The van der Waals surface area contributed by atoms with Crippen LogP contribution in [-0.4, -0.2) is 28.6 Å². The van der Waals surface area contributed by atoms with E-state index in [4.69, 9.17) is 10.8 Å². The first-order chi connectivity index (χ1) is 7.58. The molecule has 16 heavy (non-hydrogen) atoms. The molecule has 5 nitrogen and oxygen atoms in total. The largest absolute Gasteiger partial charge is 0.394 e. The first-order valence-corrected chi connectivity index (χ1v) is 5.23. The Bertz CT molecular complexity index is 375. The molecule has 0 aliphatic heterocycles.